The zero-order valence-corrected chi connectivity index (χ0v) is 21.0. The third kappa shape index (κ3) is 4.85. The van der Waals surface area contributed by atoms with Gasteiger partial charge in [0.2, 0.25) is 5.56 Å². The van der Waals surface area contributed by atoms with Gasteiger partial charge in [0.05, 0.1) is 18.9 Å². The third-order valence-corrected chi connectivity index (χ3v) is 8.64. The zero-order valence-electron chi connectivity index (χ0n) is 20.2. The SMILES string of the molecule is CN1CCC(Nc2ccc3c(c2)Cc2cccc(-c4cc(N5CCOCC5)cc(=O)[nH]4)c2S3)CC1. The number of likely N-dealkylation sites (tertiary alicyclic amines) is 1. The first-order valence-electron chi connectivity index (χ1n) is 12.6. The Labute approximate surface area is 210 Å². The average molecular weight is 489 g/mol. The number of aromatic amines is 1. The van der Waals surface area contributed by atoms with Gasteiger partial charge in [0.1, 0.15) is 0 Å². The number of rotatable bonds is 4. The summed E-state index contributed by atoms with van der Waals surface area (Å²) in [5, 5.41) is 3.77. The Morgan fingerprint density at radius 3 is 2.66 bits per heavy atom. The maximum atomic E-state index is 12.6. The van der Waals surface area contributed by atoms with Crippen LogP contribution in [0.25, 0.3) is 11.3 Å². The van der Waals surface area contributed by atoms with Crippen molar-refractivity contribution < 1.29 is 4.74 Å². The second-order valence-electron chi connectivity index (χ2n) is 9.83. The first-order valence-corrected chi connectivity index (χ1v) is 13.4. The maximum absolute atomic E-state index is 12.6. The number of morpholine rings is 1. The van der Waals surface area contributed by atoms with Crippen molar-refractivity contribution in [3.63, 3.8) is 0 Å². The van der Waals surface area contributed by atoms with E-state index in [0.717, 1.165) is 49.5 Å². The summed E-state index contributed by atoms with van der Waals surface area (Å²) in [7, 11) is 2.20. The zero-order chi connectivity index (χ0) is 23.8. The van der Waals surface area contributed by atoms with Crippen molar-refractivity contribution in [2.75, 3.05) is 56.7 Å². The molecule has 0 spiro atoms. The lowest BCUT2D eigenvalue weighted by molar-refractivity contribution is 0.122. The fraction of sp³-hybridized carbons (Fsp3) is 0.393. The fourth-order valence-electron chi connectivity index (χ4n) is 5.35. The highest BCUT2D eigenvalue weighted by Gasteiger charge is 2.22. The molecule has 0 amide bonds. The molecule has 2 N–H and O–H groups in total. The second-order valence-corrected chi connectivity index (χ2v) is 10.9. The van der Waals surface area contributed by atoms with Crippen LogP contribution >= 0.6 is 11.8 Å². The summed E-state index contributed by atoms with van der Waals surface area (Å²) in [6, 6.07) is 17.6. The van der Waals surface area contributed by atoms with Crippen molar-refractivity contribution in [2.24, 2.45) is 0 Å². The van der Waals surface area contributed by atoms with Crippen molar-refractivity contribution in [3.05, 3.63) is 70.0 Å². The second kappa shape index (κ2) is 9.72. The van der Waals surface area contributed by atoms with Crippen LogP contribution in [-0.2, 0) is 11.2 Å². The van der Waals surface area contributed by atoms with Crippen molar-refractivity contribution >= 4 is 23.1 Å². The van der Waals surface area contributed by atoms with Gasteiger partial charge in [0.25, 0.3) is 0 Å². The van der Waals surface area contributed by atoms with E-state index in [2.05, 4.69) is 69.6 Å². The van der Waals surface area contributed by atoms with Crippen molar-refractivity contribution in [1.82, 2.24) is 9.88 Å². The minimum Gasteiger partial charge on any atom is -0.382 e. The lowest BCUT2D eigenvalue weighted by atomic mass is 9.99. The lowest BCUT2D eigenvalue weighted by Gasteiger charge is -2.30. The van der Waals surface area contributed by atoms with E-state index >= 15 is 0 Å². The van der Waals surface area contributed by atoms with E-state index in [1.807, 2.05) is 11.8 Å². The molecule has 3 aromatic rings. The van der Waals surface area contributed by atoms with Gasteiger partial charge in [-0.15, -0.1) is 0 Å². The van der Waals surface area contributed by atoms with Crippen LogP contribution in [0, 0.1) is 0 Å². The number of nitrogens with zero attached hydrogens (tertiary/aromatic N) is 2. The maximum Gasteiger partial charge on any atom is 0.250 e. The quantitative estimate of drug-likeness (QED) is 0.443. The van der Waals surface area contributed by atoms with Gasteiger partial charge < -0.3 is 24.8 Å². The van der Waals surface area contributed by atoms with Gasteiger partial charge in [0, 0.05) is 51.9 Å². The number of piperidine rings is 1. The number of benzene rings is 2. The van der Waals surface area contributed by atoms with Crippen molar-refractivity contribution in [1.29, 1.82) is 0 Å². The van der Waals surface area contributed by atoms with Crippen LogP contribution in [-0.4, -0.2) is 62.4 Å². The van der Waals surface area contributed by atoms with Crippen LogP contribution in [0.15, 0.2) is 63.1 Å². The van der Waals surface area contributed by atoms with E-state index in [1.165, 1.54) is 39.4 Å². The molecule has 0 saturated carbocycles. The summed E-state index contributed by atoms with van der Waals surface area (Å²) in [5.74, 6) is 0. The van der Waals surface area contributed by atoms with E-state index in [1.54, 1.807) is 6.07 Å². The standard InChI is InChI=1S/C28H32N4O2S/c1-31-9-7-21(8-10-31)29-22-5-6-26-20(16-22)15-19-3-2-4-24(28(19)35-26)25-17-23(18-27(33)30-25)32-11-13-34-14-12-32/h2-6,16-18,21,29H,7-15H2,1H3,(H,30,33). The molecule has 3 aliphatic heterocycles. The number of nitrogens with one attached hydrogen (secondary N) is 2. The van der Waals surface area contributed by atoms with Gasteiger partial charge in [-0.3, -0.25) is 4.79 Å². The number of aromatic nitrogens is 1. The van der Waals surface area contributed by atoms with Crippen LogP contribution in [0.3, 0.4) is 0 Å². The minimum atomic E-state index is -0.0626. The average Bonchev–Trinajstić information content (AvgIpc) is 2.88. The number of anilines is 2. The first kappa shape index (κ1) is 22.7. The normalized spacial score (nSPS) is 18.7. The molecular formula is C28H32N4O2S. The highest BCUT2D eigenvalue weighted by atomic mass is 32.2. The summed E-state index contributed by atoms with van der Waals surface area (Å²) in [6.45, 7) is 5.33. The lowest BCUT2D eigenvalue weighted by Crippen LogP contribution is -2.36. The number of ether oxygens (including phenoxy) is 1. The summed E-state index contributed by atoms with van der Waals surface area (Å²) in [4.78, 5) is 22.9. The highest BCUT2D eigenvalue weighted by molar-refractivity contribution is 7.99. The third-order valence-electron chi connectivity index (χ3n) is 7.33. The Balaban J connectivity index is 1.27. The molecule has 6 nitrogen and oxygen atoms in total. The van der Waals surface area contributed by atoms with E-state index in [-0.39, 0.29) is 5.56 Å². The molecule has 0 atom stereocenters. The number of hydrogen-bond acceptors (Lipinski definition) is 6. The van der Waals surface area contributed by atoms with Gasteiger partial charge in [-0.1, -0.05) is 30.0 Å². The smallest absolute Gasteiger partial charge is 0.250 e. The molecular weight excluding hydrogens is 456 g/mol. The Morgan fingerprint density at radius 2 is 1.83 bits per heavy atom. The molecule has 7 heteroatoms. The largest absolute Gasteiger partial charge is 0.382 e. The van der Waals surface area contributed by atoms with Gasteiger partial charge in [-0.2, -0.15) is 0 Å². The molecule has 2 aromatic carbocycles. The Hall–Kier alpha value is -2.74. The number of pyridine rings is 1. The Morgan fingerprint density at radius 1 is 1.00 bits per heavy atom. The van der Waals surface area contributed by atoms with Crippen LogP contribution in [0.2, 0.25) is 0 Å². The van der Waals surface area contributed by atoms with E-state index in [9.17, 15) is 4.79 Å². The molecule has 182 valence electrons. The molecule has 1 aromatic heterocycles. The van der Waals surface area contributed by atoms with Crippen LogP contribution in [0.4, 0.5) is 11.4 Å². The van der Waals surface area contributed by atoms with Crippen molar-refractivity contribution in [2.45, 2.75) is 35.1 Å². The molecule has 0 bridgehead atoms. The molecule has 2 saturated heterocycles. The molecule has 4 heterocycles. The Kier molecular flexibility index (Phi) is 6.31. The van der Waals surface area contributed by atoms with Crippen molar-refractivity contribution in [3.8, 4) is 11.3 Å². The summed E-state index contributed by atoms with van der Waals surface area (Å²) in [5.41, 5.74) is 6.79. The van der Waals surface area contributed by atoms with E-state index in [0.29, 0.717) is 19.3 Å². The highest BCUT2D eigenvalue weighted by Crippen LogP contribution is 2.45. The van der Waals surface area contributed by atoms with Gasteiger partial charge in [-0.05, 0) is 74.8 Å². The Bertz CT molecular complexity index is 1280. The molecule has 2 fully saturated rings. The number of fused-ring (bicyclic) bond motifs is 2. The number of H-pyrrole nitrogens is 1. The first-order chi connectivity index (χ1) is 17.1. The predicted molar refractivity (Wildman–Crippen MR) is 143 cm³/mol. The monoisotopic (exact) mass is 488 g/mol. The molecule has 3 aliphatic rings. The molecule has 0 unspecified atom stereocenters. The van der Waals surface area contributed by atoms with Gasteiger partial charge in [0.15, 0.2) is 0 Å². The molecule has 0 aliphatic carbocycles. The van der Waals surface area contributed by atoms with Gasteiger partial charge >= 0.3 is 0 Å². The predicted octanol–water partition coefficient (Wildman–Crippen LogP) is 4.44. The summed E-state index contributed by atoms with van der Waals surface area (Å²) >= 11 is 1.82. The fourth-order valence-corrected chi connectivity index (χ4v) is 6.52. The van der Waals surface area contributed by atoms with Crippen LogP contribution < -0.4 is 15.8 Å². The number of hydrogen-bond donors (Lipinski definition) is 2. The van der Waals surface area contributed by atoms with E-state index < -0.39 is 0 Å². The van der Waals surface area contributed by atoms with Crippen LogP contribution in [0.5, 0.6) is 0 Å². The van der Waals surface area contributed by atoms with Gasteiger partial charge in [-0.25, -0.2) is 0 Å². The molecule has 6 rings (SSSR count). The summed E-state index contributed by atoms with van der Waals surface area (Å²) in [6.07, 6.45) is 3.29. The summed E-state index contributed by atoms with van der Waals surface area (Å²) < 4.78 is 5.49. The van der Waals surface area contributed by atoms with Crippen LogP contribution in [0.1, 0.15) is 24.0 Å². The molecule has 35 heavy (non-hydrogen) atoms. The minimum absolute atomic E-state index is 0.0626. The topological polar surface area (TPSA) is 60.6 Å². The van der Waals surface area contributed by atoms with E-state index in [4.69, 9.17) is 4.74 Å². The molecule has 0 radical (unpaired) electrons.